The number of benzene rings is 1. The molecule has 5 rings (SSSR count). The van der Waals surface area contributed by atoms with Crippen LogP contribution in [0.25, 0.3) is 0 Å². The van der Waals surface area contributed by atoms with Crippen molar-refractivity contribution in [1.82, 2.24) is 9.97 Å². The van der Waals surface area contributed by atoms with Gasteiger partial charge in [-0.3, -0.25) is 4.21 Å². The molecule has 6 nitrogen and oxygen atoms in total. The van der Waals surface area contributed by atoms with Gasteiger partial charge in [0.25, 0.3) is 0 Å². The second-order valence-electron chi connectivity index (χ2n) is 8.31. The number of hydrogen-bond acceptors (Lipinski definition) is 6. The van der Waals surface area contributed by atoms with E-state index in [-0.39, 0.29) is 12.1 Å². The third-order valence-electron chi connectivity index (χ3n) is 6.74. The van der Waals surface area contributed by atoms with Crippen LogP contribution in [-0.4, -0.2) is 50.4 Å². The van der Waals surface area contributed by atoms with Gasteiger partial charge in [0, 0.05) is 18.1 Å². The van der Waals surface area contributed by atoms with Crippen molar-refractivity contribution in [2.75, 3.05) is 35.4 Å². The van der Waals surface area contributed by atoms with Gasteiger partial charge < -0.3 is 14.9 Å². The van der Waals surface area contributed by atoms with Crippen LogP contribution in [0.1, 0.15) is 43.6 Å². The van der Waals surface area contributed by atoms with Crippen LogP contribution in [0.15, 0.2) is 35.4 Å². The third-order valence-corrected chi connectivity index (χ3v) is 8.26. The van der Waals surface area contributed by atoms with Crippen LogP contribution in [-0.2, 0) is 10.8 Å². The molecular weight excluding hydrogens is 408 g/mol. The molecule has 0 radical (unpaired) electrons. The van der Waals surface area contributed by atoms with Crippen molar-refractivity contribution in [1.29, 1.82) is 0 Å². The SMILES string of the molecule is O=[S@@]1CN(C2(CO)CCC2)c2nc(N3CCC(c4ccc(Cl)cc4)CC3)ncc21. The summed E-state index contributed by atoms with van der Waals surface area (Å²) < 4.78 is 12.6. The second kappa shape index (κ2) is 7.52. The van der Waals surface area contributed by atoms with E-state index in [0.717, 1.165) is 56.0 Å². The summed E-state index contributed by atoms with van der Waals surface area (Å²) in [5, 5.41) is 10.7. The quantitative estimate of drug-likeness (QED) is 0.799. The Hall–Kier alpha value is -1.70. The zero-order valence-corrected chi connectivity index (χ0v) is 17.8. The molecule has 0 unspecified atom stereocenters. The van der Waals surface area contributed by atoms with E-state index in [0.29, 0.717) is 22.6 Å². The maximum Gasteiger partial charge on any atom is 0.227 e. The molecule has 1 aliphatic carbocycles. The molecule has 1 aromatic carbocycles. The average molecular weight is 433 g/mol. The summed E-state index contributed by atoms with van der Waals surface area (Å²) in [7, 11) is -1.13. The summed E-state index contributed by atoms with van der Waals surface area (Å²) >= 11 is 6.01. The van der Waals surface area contributed by atoms with Gasteiger partial charge in [-0.2, -0.15) is 4.98 Å². The summed E-state index contributed by atoms with van der Waals surface area (Å²) in [5.74, 6) is 2.39. The molecule has 2 aromatic rings. The fourth-order valence-electron chi connectivity index (χ4n) is 4.71. The fraction of sp³-hybridized carbons (Fsp3) is 0.524. The van der Waals surface area contributed by atoms with Gasteiger partial charge in [-0.05, 0) is 55.7 Å². The first-order valence-corrected chi connectivity index (χ1v) is 11.9. The number of nitrogens with zero attached hydrogens (tertiary/aromatic N) is 4. The fourth-order valence-corrected chi connectivity index (χ4v) is 6.14. The summed E-state index contributed by atoms with van der Waals surface area (Å²) in [5.41, 5.74) is 1.04. The standard InChI is InChI=1S/C21H25ClN4O2S/c22-17-4-2-15(3-5-17)16-6-10-25(11-7-16)20-23-12-18-19(24-20)26(14-29(18)28)21(13-27)8-1-9-21/h2-5,12,16,27H,1,6-11,13-14H2/t29-/m1/s1. The Morgan fingerprint density at radius 1 is 1.21 bits per heavy atom. The highest BCUT2D eigenvalue weighted by atomic mass is 35.5. The highest BCUT2D eigenvalue weighted by Gasteiger charge is 2.47. The van der Waals surface area contributed by atoms with E-state index in [1.807, 2.05) is 12.1 Å². The predicted molar refractivity (Wildman–Crippen MR) is 115 cm³/mol. The molecule has 3 heterocycles. The van der Waals surface area contributed by atoms with Crippen molar-refractivity contribution >= 4 is 34.2 Å². The normalized spacial score (nSPS) is 23.7. The largest absolute Gasteiger partial charge is 0.394 e. The summed E-state index contributed by atoms with van der Waals surface area (Å²) in [6, 6.07) is 8.15. The van der Waals surface area contributed by atoms with E-state index in [2.05, 4.69) is 26.9 Å². The minimum Gasteiger partial charge on any atom is -0.394 e. The maximum atomic E-state index is 12.6. The molecule has 0 bridgehead atoms. The second-order valence-corrected chi connectivity index (χ2v) is 10.1. The van der Waals surface area contributed by atoms with Crippen LogP contribution in [0.3, 0.4) is 0 Å². The first kappa shape index (κ1) is 19.3. The molecule has 29 heavy (non-hydrogen) atoms. The van der Waals surface area contributed by atoms with Gasteiger partial charge in [0.1, 0.15) is 10.8 Å². The molecule has 1 N–H and O–H groups in total. The van der Waals surface area contributed by atoms with Crippen LogP contribution in [0.5, 0.6) is 0 Å². The van der Waals surface area contributed by atoms with Crippen LogP contribution < -0.4 is 9.80 Å². The van der Waals surface area contributed by atoms with E-state index in [9.17, 15) is 9.32 Å². The number of rotatable bonds is 4. The van der Waals surface area contributed by atoms with Crippen molar-refractivity contribution in [3.63, 3.8) is 0 Å². The third kappa shape index (κ3) is 3.33. The van der Waals surface area contributed by atoms with E-state index in [1.54, 1.807) is 6.20 Å². The number of aliphatic hydroxyl groups excluding tert-OH is 1. The van der Waals surface area contributed by atoms with Crippen molar-refractivity contribution in [2.45, 2.75) is 48.5 Å². The zero-order chi connectivity index (χ0) is 20.0. The molecule has 1 aromatic heterocycles. The lowest BCUT2D eigenvalue weighted by molar-refractivity contribution is 0.119. The van der Waals surface area contributed by atoms with E-state index in [1.165, 1.54) is 5.56 Å². The van der Waals surface area contributed by atoms with Gasteiger partial charge in [0.2, 0.25) is 5.95 Å². The number of anilines is 2. The van der Waals surface area contributed by atoms with Gasteiger partial charge in [-0.25, -0.2) is 4.98 Å². The minimum atomic E-state index is -1.13. The highest BCUT2D eigenvalue weighted by Crippen LogP contribution is 2.44. The number of piperidine rings is 1. The number of fused-ring (bicyclic) bond motifs is 1. The topological polar surface area (TPSA) is 69.6 Å². The highest BCUT2D eigenvalue weighted by molar-refractivity contribution is 7.85. The number of hydrogen-bond donors (Lipinski definition) is 1. The summed E-state index contributed by atoms with van der Waals surface area (Å²) in [4.78, 5) is 14.4. The Morgan fingerprint density at radius 2 is 1.93 bits per heavy atom. The van der Waals surface area contributed by atoms with E-state index in [4.69, 9.17) is 16.6 Å². The smallest absolute Gasteiger partial charge is 0.227 e. The van der Waals surface area contributed by atoms with Gasteiger partial charge >= 0.3 is 0 Å². The molecular formula is C21H25ClN4O2S. The van der Waals surface area contributed by atoms with Crippen molar-refractivity contribution in [3.05, 3.63) is 41.0 Å². The first-order valence-electron chi connectivity index (χ1n) is 10.2. The summed E-state index contributed by atoms with van der Waals surface area (Å²) in [6.45, 7) is 1.86. The minimum absolute atomic E-state index is 0.0788. The monoisotopic (exact) mass is 432 g/mol. The van der Waals surface area contributed by atoms with Crippen LogP contribution in [0, 0.1) is 0 Å². The molecule has 1 saturated carbocycles. The first-order chi connectivity index (χ1) is 14.1. The van der Waals surface area contributed by atoms with E-state index >= 15 is 0 Å². The molecule has 0 spiro atoms. The molecule has 3 aliphatic rings. The lowest BCUT2D eigenvalue weighted by Gasteiger charge is -2.47. The van der Waals surface area contributed by atoms with Crippen LogP contribution in [0.2, 0.25) is 5.02 Å². The van der Waals surface area contributed by atoms with Gasteiger partial charge in [-0.15, -0.1) is 0 Å². The molecule has 154 valence electrons. The zero-order valence-electron chi connectivity index (χ0n) is 16.3. The van der Waals surface area contributed by atoms with Crippen LogP contribution >= 0.6 is 11.6 Å². The molecule has 8 heteroatoms. The number of halogens is 1. The Labute approximate surface area is 178 Å². The predicted octanol–water partition coefficient (Wildman–Crippen LogP) is 3.31. The van der Waals surface area contributed by atoms with Crippen molar-refractivity contribution in [2.24, 2.45) is 0 Å². The van der Waals surface area contributed by atoms with Gasteiger partial charge in [0.05, 0.1) is 29.1 Å². The van der Waals surface area contributed by atoms with Gasteiger partial charge in [0.15, 0.2) is 5.82 Å². The molecule has 1 saturated heterocycles. The van der Waals surface area contributed by atoms with Crippen molar-refractivity contribution in [3.8, 4) is 0 Å². The lowest BCUT2D eigenvalue weighted by Crippen LogP contribution is -2.56. The molecule has 2 fully saturated rings. The number of aromatic nitrogens is 2. The van der Waals surface area contributed by atoms with Crippen molar-refractivity contribution < 1.29 is 9.32 Å². The number of aliphatic hydroxyl groups is 1. The molecule has 1 atom stereocenters. The summed E-state index contributed by atoms with van der Waals surface area (Å²) in [6.07, 6.45) is 6.74. The average Bonchev–Trinajstić information content (AvgIpc) is 3.05. The van der Waals surface area contributed by atoms with E-state index < -0.39 is 10.8 Å². The van der Waals surface area contributed by atoms with Crippen LogP contribution in [0.4, 0.5) is 11.8 Å². The molecule has 0 amide bonds. The molecule has 2 aliphatic heterocycles. The Bertz CT molecular complexity index is 921. The lowest BCUT2D eigenvalue weighted by atomic mass is 9.76. The Morgan fingerprint density at radius 3 is 2.55 bits per heavy atom. The Balaban J connectivity index is 1.34. The van der Waals surface area contributed by atoms with Gasteiger partial charge in [-0.1, -0.05) is 23.7 Å². The Kier molecular flexibility index (Phi) is 5.00. The maximum absolute atomic E-state index is 12.6.